The predicted octanol–water partition coefficient (Wildman–Crippen LogP) is 4.05. The van der Waals surface area contributed by atoms with E-state index in [0.29, 0.717) is 12.0 Å². The first kappa shape index (κ1) is 17.3. The first-order valence-corrected chi connectivity index (χ1v) is 9.72. The van der Waals surface area contributed by atoms with Gasteiger partial charge in [-0.3, -0.25) is 0 Å². The van der Waals surface area contributed by atoms with Gasteiger partial charge in [0.05, 0.1) is 11.0 Å². The van der Waals surface area contributed by atoms with Gasteiger partial charge < -0.3 is 15.2 Å². The van der Waals surface area contributed by atoms with E-state index in [1.807, 2.05) is 18.2 Å². The van der Waals surface area contributed by atoms with Crippen LogP contribution in [0.25, 0.3) is 22.4 Å². The van der Waals surface area contributed by atoms with Crippen molar-refractivity contribution in [1.82, 2.24) is 20.2 Å². The molecule has 26 heavy (non-hydrogen) atoms. The van der Waals surface area contributed by atoms with Gasteiger partial charge in [0, 0.05) is 24.7 Å². The summed E-state index contributed by atoms with van der Waals surface area (Å²) in [6, 6.07) is 17.5. The molecular formula is C22H28N4. The zero-order valence-corrected chi connectivity index (χ0v) is 15.7. The molecule has 1 aliphatic rings. The number of H-pyrrole nitrogens is 1. The Morgan fingerprint density at radius 2 is 1.96 bits per heavy atom. The molecule has 0 bridgehead atoms. The average Bonchev–Trinajstić information content (AvgIpc) is 3.11. The molecule has 2 N–H and O–H groups in total. The largest absolute Gasteiger partial charge is 0.338 e. The smallest absolute Gasteiger partial charge is 0.138 e. The lowest BCUT2D eigenvalue weighted by Gasteiger charge is -2.37. The number of fused-ring (bicyclic) bond motifs is 1. The Morgan fingerprint density at radius 3 is 2.69 bits per heavy atom. The lowest BCUT2D eigenvalue weighted by molar-refractivity contribution is 0.153. The van der Waals surface area contributed by atoms with E-state index in [1.54, 1.807) is 0 Å². The van der Waals surface area contributed by atoms with Crippen molar-refractivity contribution in [3.63, 3.8) is 0 Å². The standard InChI is InChI=1S/C22H28N4/c1-3-26-13-12-19(16(2)15-26)23-14-17-8-10-18(11-9-17)22-24-20-6-4-5-7-21(20)25-22/h4-11,16,19,23H,3,12-15H2,1-2H3,(H,24,25)/t16-,19-/m0/s1. The van der Waals surface area contributed by atoms with Crippen molar-refractivity contribution in [1.29, 1.82) is 0 Å². The maximum absolute atomic E-state index is 4.68. The fourth-order valence-electron chi connectivity index (χ4n) is 3.94. The van der Waals surface area contributed by atoms with Crippen LogP contribution in [0.3, 0.4) is 0 Å². The summed E-state index contributed by atoms with van der Waals surface area (Å²) in [6.07, 6.45) is 1.24. The molecule has 1 aromatic heterocycles. The van der Waals surface area contributed by atoms with E-state index in [4.69, 9.17) is 0 Å². The van der Waals surface area contributed by atoms with E-state index in [2.05, 4.69) is 64.4 Å². The number of nitrogens with one attached hydrogen (secondary N) is 2. The first-order valence-electron chi connectivity index (χ1n) is 9.72. The number of rotatable bonds is 5. The minimum atomic E-state index is 0.618. The number of benzene rings is 2. The first-order chi connectivity index (χ1) is 12.7. The van der Waals surface area contributed by atoms with Crippen molar-refractivity contribution in [3.8, 4) is 11.4 Å². The Kier molecular flexibility index (Phi) is 5.05. The van der Waals surface area contributed by atoms with Crippen LogP contribution in [0.1, 0.15) is 25.8 Å². The quantitative estimate of drug-likeness (QED) is 0.731. The number of hydrogen-bond donors (Lipinski definition) is 2. The highest BCUT2D eigenvalue weighted by atomic mass is 15.1. The van der Waals surface area contributed by atoms with Gasteiger partial charge in [-0.05, 0) is 43.1 Å². The van der Waals surface area contributed by atoms with Crippen molar-refractivity contribution in [3.05, 3.63) is 54.1 Å². The molecule has 3 aromatic rings. The summed E-state index contributed by atoms with van der Waals surface area (Å²) >= 11 is 0. The summed E-state index contributed by atoms with van der Waals surface area (Å²) in [5.41, 5.74) is 4.56. The molecule has 2 aromatic carbocycles. The molecule has 0 aliphatic carbocycles. The van der Waals surface area contributed by atoms with Crippen LogP contribution >= 0.6 is 0 Å². The van der Waals surface area contributed by atoms with E-state index < -0.39 is 0 Å². The highest BCUT2D eigenvalue weighted by molar-refractivity contribution is 5.79. The van der Waals surface area contributed by atoms with Crippen LogP contribution in [-0.2, 0) is 6.54 Å². The molecule has 1 aliphatic heterocycles. The Balaban J connectivity index is 1.39. The highest BCUT2D eigenvalue weighted by Gasteiger charge is 2.24. The monoisotopic (exact) mass is 348 g/mol. The number of hydrogen-bond acceptors (Lipinski definition) is 3. The van der Waals surface area contributed by atoms with Gasteiger partial charge in [-0.25, -0.2) is 4.98 Å². The lowest BCUT2D eigenvalue weighted by atomic mass is 9.93. The number of aromatic nitrogens is 2. The van der Waals surface area contributed by atoms with Gasteiger partial charge in [-0.1, -0.05) is 50.2 Å². The number of aromatic amines is 1. The van der Waals surface area contributed by atoms with E-state index in [9.17, 15) is 0 Å². The summed E-state index contributed by atoms with van der Waals surface area (Å²) in [5.74, 6) is 1.64. The Hall–Kier alpha value is -2.17. The molecular weight excluding hydrogens is 320 g/mol. The van der Waals surface area contributed by atoms with E-state index in [-0.39, 0.29) is 0 Å². The average molecular weight is 348 g/mol. The third kappa shape index (κ3) is 3.67. The second-order valence-electron chi connectivity index (χ2n) is 7.45. The summed E-state index contributed by atoms with van der Waals surface area (Å²) in [6.45, 7) is 9.14. The van der Waals surface area contributed by atoms with Crippen LogP contribution < -0.4 is 5.32 Å². The molecule has 2 heterocycles. The Morgan fingerprint density at radius 1 is 1.15 bits per heavy atom. The molecule has 1 fully saturated rings. The van der Waals surface area contributed by atoms with Crippen LogP contribution in [0.5, 0.6) is 0 Å². The summed E-state index contributed by atoms with van der Waals surface area (Å²) in [5, 5.41) is 3.76. The summed E-state index contributed by atoms with van der Waals surface area (Å²) in [7, 11) is 0. The molecule has 2 atom stereocenters. The van der Waals surface area contributed by atoms with Crippen molar-refractivity contribution in [2.45, 2.75) is 32.9 Å². The van der Waals surface area contributed by atoms with Crippen LogP contribution in [0.15, 0.2) is 48.5 Å². The Bertz CT molecular complexity index is 819. The van der Waals surface area contributed by atoms with Crippen LogP contribution in [0, 0.1) is 5.92 Å². The van der Waals surface area contributed by atoms with Gasteiger partial charge in [-0.2, -0.15) is 0 Å². The number of nitrogens with zero attached hydrogens (tertiary/aromatic N) is 2. The van der Waals surface area contributed by atoms with E-state index in [1.165, 1.54) is 31.6 Å². The molecule has 0 unspecified atom stereocenters. The topological polar surface area (TPSA) is 44.0 Å². The predicted molar refractivity (Wildman–Crippen MR) is 108 cm³/mol. The molecule has 0 spiro atoms. The van der Waals surface area contributed by atoms with E-state index >= 15 is 0 Å². The molecule has 0 radical (unpaired) electrons. The fourth-order valence-corrected chi connectivity index (χ4v) is 3.94. The van der Waals surface area contributed by atoms with Crippen molar-refractivity contribution < 1.29 is 0 Å². The number of likely N-dealkylation sites (tertiary alicyclic amines) is 1. The van der Waals surface area contributed by atoms with Gasteiger partial charge in [0.15, 0.2) is 0 Å². The third-order valence-corrected chi connectivity index (χ3v) is 5.62. The van der Waals surface area contributed by atoms with Gasteiger partial charge in [0.2, 0.25) is 0 Å². The van der Waals surface area contributed by atoms with Crippen LogP contribution in [0.4, 0.5) is 0 Å². The van der Waals surface area contributed by atoms with Crippen molar-refractivity contribution >= 4 is 11.0 Å². The second-order valence-corrected chi connectivity index (χ2v) is 7.45. The number of piperidine rings is 1. The molecule has 0 amide bonds. The minimum Gasteiger partial charge on any atom is -0.338 e. The fraction of sp³-hybridized carbons (Fsp3) is 0.409. The van der Waals surface area contributed by atoms with Crippen LogP contribution in [0.2, 0.25) is 0 Å². The summed E-state index contributed by atoms with van der Waals surface area (Å²) in [4.78, 5) is 10.6. The van der Waals surface area contributed by atoms with Gasteiger partial charge >= 0.3 is 0 Å². The Labute approximate surface area is 155 Å². The number of para-hydroxylation sites is 2. The molecule has 4 heteroatoms. The SMILES string of the molecule is CCN1CC[C@H](NCc2ccc(-c3nc4ccccc4[nH]3)cc2)[C@@H](C)C1. The summed E-state index contributed by atoms with van der Waals surface area (Å²) < 4.78 is 0. The van der Waals surface area contributed by atoms with Crippen LogP contribution in [-0.4, -0.2) is 40.5 Å². The second kappa shape index (κ2) is 7.60. The van der Waals surface area contributed by atoms with E-state index in [0.717, 1.165) is 29.0 Å². The maximum Gasteiger partial charge on any atom is 0.138 e. The zero-order chi connectivity index (χ0) is 17.9. The zero-order valence-electron chi connectivity index (χ0n) is 15.7. The van der Waals surface area contributed by atoms with Crippen molar-refractivity contribution in [2.24, 2.45) is 5.92 Å². The third-order valence-electron chi connectivity index (χ3n) is 5.62. The highest BCUT2D eigenvalue weighted by Crippen LogP contribution is 2.21. The molecule has 0 saturated carbocycles. The molecule has 1 saturated heterocycles. The normalized spacial score (nSPS) is 21.3. The van der Waals surface area contributed by atoms with Gasteiger partial charge in [-0.15, -0.1) is 0 Å². The van der Waals surface area contributed by atoms with Crippen molar-refractivity contribution in [2.75, 3.05) is 19.6 Å². The lowest BCUT2D eigenvalue weighted by Crippen LogP contribution is -2.47. The molecule has 136 valence electrons. The van der Waals surface area contributed by atoms with Gasteiger partial charge in [0.1, 0.15) is 5.82 Å². The van der Waals surface area contributed by atoms with Gasteiger partial charge in [0.25, 0.3) is 0 Å². The minimum absolute atomic E-state index is 0.618. The molecule has 4 nitrogen and oxygen atoms in total. The maximum atomic E-state index is 4.68. The number of imidazole rings is 1. The molecule has 4 rings (SSSR count).